The van der Waals surface area contributed by atoms with E-state index in [2.05, 4.69) is 19.2 Å². The van der Waals surface area contributed by atoms with Gasteiger partial charge in [-0.1, -0.05) is 20.3 Å². The van der Waals surface area contributed by atoms with Crippen LogP contribution in [0.5, 0.6) is 0 Å². The molecule has 1 saturated carbocycles. The molecule has 2 atom stereocenters. The second-order valence-electron chi connectivity index (χ2n) is 5.21. The van der Waals surface area contributed by atoms with Crippen LogP contribution in [0.3, 0.4) is 0 Å². The van der Waals surface area contributed by atoms with E-state index in [1.54, 1.807) is 0 Å². The van der Waals surface area contributed by atoms with Crippen molar-refractivity contribution < 1.29 is 5.11 Å². The first-order valence-electron chi connectivity index (χ1n) is 5.40. The maximum atomic E-state index is 8.93. The lowest BCUT2D eigenvalue weighted by molar-refractivity contribution is 0.171. The Balaban J connectivity index is 2.34. The van der Waals surface area contributed by atoms with Crippen molar-refractivity contribution in [1.82, 2.24) is 5.32 Å². The molecule has 1 fully saturated rings. The van der Waals surface area contributed by atoms with Gasteiger partial charge in [0.05, 0.1) is 6.61 Å². The molecular formula is C11H23NO. The van der Waals surface area contributed by atoms with Gasteiger partial charge in [0.15, 0.2) is 0 Å². The fourth-order valence-corrected chi connectivity index (χ4v) is 2.30. The number of rotatable bonds is 3. The molecule has 2 unspecified atom stereocenters. The van der Waals surface area contributed by atoms with Gasteiger partial charge in [-0.05, 0) is 31.6 Å². The van der Waals surface area contributed by atoms with E-state index in [9.17, 15) is 0 Å². The Morgan fingerprint density at radius 3 is 2.77 bits per heavy atom. The quantitative estimate of drug-likeness (QED) is 0.704. The van der Waals surface area contributed by atoms with E-state index in [4.69, 9.17) is 5.11 Å². The van der Waals surface area contributed by atoms with Crippen molar-refractivity contribution in [2.45, 2.75) is 58.5 Å². The van der Waals surface area contributed by atoms with E-state index in [0.717, 1.165) is 0 Å². The van der Waals surface area contributed by atoms with Crippen LogP contribution in [0.4, 0.5) is 0 Å². The zero-order valence-electron chi connectivity index (χ0n) is 9.14. The zero-order chi connectivity index (χ0) is 9.90. The monoisotopic (exact) mass is 185 g/mol. The molecule has 0 aliphatic heterocycles. The van der Waals surface area contributed by atoms with Crippen LogP contribution in [0.1, 0.15) is 46.5 Å². The number of nitrogens with one attached hydrogen (secondary N) is 1. The summed E-state index contributed by atoms with van der Waals surface area (Å²) < 4.78 is 0. The molecule has 0 heterocycles. The smallest absolute Gasteiger partial charge is 0.0582 e. The molecular weight excluding hydrogens is 162 g/mol. The second-order valence-corrected chi connectivity index (χ2v) is 5.21. The Labute approximate surface area is 81.7 Å². The van der Waals surface area contributed by atoms with Crippen LogP contribution in [0.15, 0.2) is 0 Å². The first-order chi connectivity index (χ1) is 6.03. The largest absolute Gasteiger partial charge is 0.395 e. The summed E-state index contributed by atoms with van der Waals surface area (Å²) in [4.78, 5) is 0. The van der Waals surface area contributed by atoms with Gasteiger partial charge in [0.25, 0.3) is 0 Å². The van der Waals surface area contributed by atoms with Gasteiger partial charge in [0, 0.05) is 12.1 Å². The van der Waals surface area contributed by atoms with E-state index in [1.165, 1.54) is 25.7 Å². The SMILES string of the molecule is CC(CO)NC1CCCC(C)(C)C1. The summed E-state index contributed by atoms with van der Waals surface area (Å²) in [6.45, 7) is 6.97. The molecule has 0 aromatic rings. The normalized spacial score (nSPS) is 30.0. The third-order valence-electron chi connectivity index (χ3n) is 3.00. The Morgan fingerprint density at radius 1 is 1.54 bits per heavy atom. The molecule has 0 aromatic heterocycles. The molecule has 0 amide bonds. The first-order valence-corrected chi connectivity index (χ1v) is 5.40. The topological polar surface area (TPSA) is 32.3 Å². The Hall–Kier alpha value is -0.0800. The minimum atomic E-state index is 0.247. The van der Waals surface area contributed by atoms with Crippen molar-refractivity contribution in [3.63, 3.8) is 0 Å². The Bertz CT molecular complexity index is 156. The zero-order valence-corrected chi connectivity index (χ0v) is 9.14. The second kappa shape index (κ2) is 4.43. The van der Waals surface area contributed by atoms with Gasteiger partial charge in [-0.25, -0.2) is 0 Å². The van der Waals surface area contributed by atoms with E-state index >= 15 is 0 Å². The highest BCUT2D eigenvalue weighted by Gasteiger charge is 2.28. The van der Waals surface area contributed by atoms with Crippen LogP contribution >= 0.6 is 0 Å². The molecule has 2 heteroatoms. The van der Waals surface area contributed by atoms with Gasteiger partial charge in [0.2, 0.25) is 0 Å². The van der Waals surface area contributed by atoms with Gasteiger partial charge >= 0.3 is 0 Å². The first kappa shape index (κ1) is 11.0. The van der Waals surface area contributed by atoms with Crippen LogP contribution < -0.4 is 5.32 Å². The van der Waals surface area contributed by atoms with Crippen molar-refractivity contribution in [1.29, 1.82) is 0 Å². The van der Waals surface area contributed by atoms with Crippen molar-refractivity contribution in [2.24, 2.45) is 5.41 Å². The summed E-state index contributed by atoms with van der Waals surface area (Å²) in [6, 6.07) is 0.866. The average molecular weight is 185 g/mol. The molecule has 2 nitrogen and oxygen atoms in total. The van der Waals surface area contributed by atoms with Crippen LogP contribution in [0.25, 0.3) is 0 Å². The lowest BCUT2D eigenvalue weighted by Gasteiger charge is -2.36. The summed E-state index contributed by atoms with van der Waals surface area (Å²) in [5.41, 5.74) is 0.491. The molecule has 78 valence electrons. The molecule has 13 heavy (non-hydrogen) atoms. The molecule has 0 aromatic carbocycles. The predicted octanol–water partition coefficient (Wildman–Crippen LogP) is 1.93. The van der Waals surface area contributed by atoms with Crippen LogP contribution in [0, 0.1) is 5.41 Å². The van der Waals surface area contributed by atoms with Gasteiger partial charge in [-0.2, -0.15) is 0 Å². The molecule has 1 aliphatic carbocycles. The maximum Gasteiger partial charge on any atom is 0.0582 e. The molecule has 0 spiro atoms. The van der Waals surface area contributed by atoms with E-state index in [-0.39, 0.29) is 12.6 Å². The molecule has 1 rings (SSSR count). The lowest BCUT2D eigenvalue weighted by atomic mass is 9.75. The van der Waals surface area contributed by atoms with Crippen molar-refractivity contribution in [3.05, 3.63) is 0 Å². The van der Waals surface area contributed by atoms with Crippen LogP contribution in [-0.2, 0) is 0 Å². The molecule has 1 aliphatic rings. The van der Waals surface area contributed by atoms with Gasteiger partial charge in [-0.3, -0.25) is 0 Å². The maximum absolute atomic E-state index is 8.93. The number of aliphatic hydroxyl groups is 1. The number of hydrogen-bond acceptors (Lipinski definition) is 2. The minimum Gasteiger partial charge on any atom is -0.395 e. The highest BCUT2D eigenvalue weighted by atomic mass is 16.3. The van der Waals surface area contributed by atoms with E-state index < -0.39 is 0 Å². The minimum absolute atomic E-state index is 0.247. The standard InChI is InChI=1S/C11H23NO/c1-9(8-13)12-10-5-4-6-11(2,3)7-10/h9-10,12-13H,4-8H2,1-3H3. The third kappa shape index (κ3) is 3.65. The Kier molecular flexibility index (Phi) is 3.74. The van der Waals surface area contributed by atoms with Crippen LogP contribution in [-0.4, -0.2) is 23.8 Å². The molecule has 2 N–H and O–H groups in total. The van der Waals surface area contributed by atoms with E-state index in [1.807, 2.05) is 6.92 Å². The van der Waals surface area contributed by atoms with Crippen molar-refractivity contribution in [2.75, 3.05) is 6.61 Å². The highest BCUT2D eigenvalue weighted by Crippen LogP contribution is 2.35. The van der Waals surface area contributed by atoms with Gasteiger partial charge in [-0.15, -0.1) is 0 Å². The summed E-state index contributed by atoms with van der Waals surface area (Å²) >= 11 is 0. The number of hydrogen-bond donors (Lipinski definition) is 2. The molecule has 0 radical (unpaired) electrons. The van der Waals surface area contributed by atoms with Gasteiger partial charge < -0.3 is 10.4 Å². The van der Waals surface area contributed by atoms with Crippen LogP contribution in [0.2, 0.25) is 0 Å². The van der Waals surface area contributed by atoms with E-state index in [0.29, 0.717) is 11.5 Å². The summed E-state index contributed by atoms with van der Waals surface area (Å²) in [5, 5.41) is 12.4. The average Bonchev–Trinajstić information content (AvgIpc) is 2.02. The summed E-state index contributed by atoms with van der Waals surface area (Å²) in [5.74, 6) is 0. The van der Waals surface area contributed by atoms with Crippen molar-refractivity contribution in [3.8, 4) is 0 Å². The fourth-order valence-electron chi connectivity index (χ4n) is 2.30. The van der Waals surface area contributed by atoms with Crippen molar-refractivity contribution >= 4 is 0 Å². The molecule has 0 saturated heterocycles. The Morgan fingerprint density at radius 2 is 2.23 bits per heavy atom. The fraction of sp³-hybridized carbons (Fsp3) is 1.00. The predicted molar refractivity (Wildman–Crippen MR) is 55.7 cm³/mol. The highest BCUT2D eigenvalue weighted by molar-refractivity contribution is 4.84. The number of aliphatic hydroxyl groups excluding tert-OH is 1. The molecule has 0 bridgehead atoms. The third-order valence-corrected chi connectivity index (χ3v) is 3.00. The summed E-state index contributed by atoms with van der Waals surface area (Å²) in [7, 11) is 0. The lowest BCUT2D eigenvalue weighted by Crippen LogP contribution is -2.43. The van der Waals surface area contributed by atoms with Gasteiger partial charge in [0.1, 0.15) is 0 Å². The summed E-state index contributed by atoms with van der Waals surface area (Å²) in [6.07, 6.45) is 5.19.